The van der Waals surface area contributed by atoms with E-state index >= 15 is 0 Å². The first-order valence-electron chi connectivity index (χ1n) is 9.15. The second kappa shape index (κ2) is 9.15. The van der Waals surface area contributed by atoms with Gasteiger partial charge in [0.1, 0.15) is 29.9 Å². The third kappa shape index (κ3) is 4.94. The molecule has 0 unspecified atom stereocenters. The number of benzene rings is 2. The van der Waals surface area contributed by atoms with Crippen molar-refractivity contribution in [2.45, 2.75) is 20.1 Å². The number of halogens is 2. The molecule has 0 spiro atoms. The lowest BCUT2D eigenvalue weighted by Crippen LogP contribution is -2.20. The summed E-state index contributed by atoms with van der Waals surface area (Å²) in [4.78, 5) is 35.1. The highest BCUT2D eigenvalue weighted by atomic mass is 31.2. The predicted molar refractivity (Wildman–Crippen MR) is 105 cm³/mol. The summed E-state index contributed by atoms with van der Waals surface area (Å²) in [5, 5.41) is -0.462. The smallest absolute Gasteiger partial charge is 0.200 e. The maximum atomic E-state index is 14.7. The summed E-state index contributed by atoms with van der Waals surface area (Å²) in [6.07, 6.45) is 1.69. The van der Waals surface area contributed by atoms with Crippen LogP contribution in [0.3, 0.4) is 0 Å². The third-order valence-electron chi connectivity index (χ3n) is 4.42. The Labute approximate surface area is 175 Å². The number of pyridine rings is 1. The molecule has 0 N–H and O–H groups in total. The summed E-state index contributed by atoms with van der Waals surface area (Å²) in [5.41, 5.74) is -1.41. The maximum Gasteiger partial charge on any atom is 0.200 e. The van der Waals surface area contributed by atoms with Crippen LogP contribution in [-0.4, -0.2) is 18.3 Å². The van der Waals surface area contributed by atoms with Crippen LogP contribution in [0.25, 0.3) is 22.0 Å². The number of ether oxygens (including phenoxy) is 2. The van der Waals surface area contributed by atoms with E-state index in [2.05, 4.69) is 4.52 Å². The van der Waals surface area contributed by atoms with E-state index in [1.165, 1.54) is 25.3 Å². The van der Waals surface area contributed by atoms with Gasteiger partial charge in [0.25, 0.3) is 0 Å². The fourth-order valence-electron chi connectivity index (χ4n) is 3.06. The van der Waals surface area contributed by atoms with Crippen LogP contribution in [0.15, 0.2) is 41.3 Å². The van der Waals surface area contributed by atoms with Crippen LogP contribution in [0, 0.1) is 11.6 Å². The fraction of sp³-hybridized carbons (Fsp3) is 0.250. The van der Waals surface area contributed by atoms with Crippen LogP contribution >= 0.6 is 7.82 Å². The quantitative estimate of drug-likeness (QED) is 0.482. The number of phosphoric acid groups is 1. The molecule has 0 saturated heterocycles. The molecular weight excluding hydrogens is 435 g/mol. The molecule has 0 aliphatic rings. The topological polar surface area (TPSA) is 113 Å². The van der Waals surface area contributed by atoms with Gasteiger partial charge in [-0.15, -0.1) is 0 Å². The van der Waals surface area contributed by atoms with Crippen LogP contribution < -0.4 is 24.7 Å². The van der Waals surface area contributed by atoms with Crippen molar-refractivity contribution < 1.29 is 37.1 Å². The Morgan fingerprint density at radius 3 is 2.45 bits per heavy atom. The molecule has 0 saturated carbocycles. The Bertz CT molecular complexity index is 1220. The van der Waals surface area contributed by atoms with Gasteiger partial charge in [0.15, 0.2) is 5.43 Å². The molecule has 3 aromatic rings. The highest BCUT2D eigenvalue weighted by Gasteiger charge is 2.20. The fourth-order valence-corrected chi connectivity index (χ4v) is 3.32. The summed E-state index contributed by atoms with van der Waals surface area (Å²) in [7, 11) is -4.06. The Hall–Kier alpha value is -2.78. The van der Waals surface area contributed by atoms with E-state index in [0.29, 0.717) is 6.42 Å². The highest BCUT2D eigenvalue weighted by molar-refractivity contribution is 7.43. The highest BCUT2D eigenvalue weighted by Crippen LogP contribution is 2.33. The minimum Gasteiger partial charge on any atom is -0.790 e. The lowest BCUT2D eigenvalue weighted by atomic mass is 10.0. The van der Waals surface area contributed by atoms with Crippen molar-refractivity contribution in [3.8, 4) is 22.6 Å². The van der Waals surface area contributed by atoms with Crippen molar-refractivity contribution in [1.82, 2.24) is 4.57 Å². The van der Waals surface area contributed by atoms with Gasteiger partial charge >= 0.3 is 0 Å². The summed E-state index contributed by atoms with van der Waals surface area (Å²) < 4.78 is 56.2. The van der Waals surface area contributed by atoms with Gasteiger partial charge in [-0.05, 0) is 30.7 Å². The van der Waals surface area contributed by atoms with Gasteiger partial charge in [-0.25, -0.2) is 8.78 Å². The molecule has 0 fully saturated rings. The number of rotatable bonds is 8. The van der Waals surface area contributed by atoms with Crippen molar-refractivity contribution in [3.63, 3.8) is 0 Å². The molecule has 0 bridgehead atoms. The van der Waals surface area contributed by atoms with Gasteiger partial charge in [0.05, 0.1) is 32.4 Å². The van der Waals surface area contributed by atoms with E-state index in [1.54, 1.807) is 0 Å². The van der Waals surface area contributed by atoms with Crippen LogP contribution in [0.2, 0.25) is 0 Å². The lowest BCUT2D eigenvalue weighted by Gasteiger charge is -2.29. The second-order valence-electron chi connectivity index (χ2n) is 6.51. The van der Waals surface area contributed by atoms with Gasteiger partial charge in [0.2, 0.25) is 0 Å². The summed E-state index contributed by atoms with van der Waals surface area (Å²) >= 11 is 0. The molecule has 2 aromatic carbocycles. The molecule has 0 aliphatic carbocycles. The molecule has 31 heavy (non-hydrogen) atoms. The van der Waals surface area contributed by atoms with E-state index in [4.69, 9.17) is 9.47 Å². The standard InChI is InChI=1S/C20H20F2NO7P/c1-3-8-29-17-7-6-15(21)18-19(17)23(11-30-31(25,26)27)10-14(20(18)24)13-5-4-12(28-2)9-16(13)22/h4-7,9-10H,3,8,11H2,1-2H3,(H2,25,26,27)/p-2. The summed E-state index contributed by atoms with van der Waals surface area (Å²) in [6.45, 7) is 1.20. The number of phosphoric ester groups is 1. The van der Waals surface area contributed by atoms with E-state index in [9.17, 15) is 27.9 Å². The molecule has 8 nitrogen and oxygen atoms in total. The Balaban J connectivity index is 2.32. The van der Waals surface area contributed by atoms with Crippen molar-refractivity contribution in [2.24, 2.45) is 0 Å². The van der Waals surface area contributed by atoms with Crippen molar-refractivity contribution in [2.75, 3.05) is 13.7 Å². The van der Waals surface area contributed by atoms with Gasteiger partial charge in [-0.3, -0.25) is 4.79 Å². The number of hydrogen-bond acceptors (Lipinski definition) is 7. The molecule has 0 amide bonds. The largest absolute Gasteiger partial charge is 0.790 e. The zero-order valence-electron chi connectivity index (χ0n) is 16.6. The second-order valence-corrected chi connectivity index (χ2v) is 7.66. The van der Waals surface area contributed by atoms with E-state index in [-0.39, 0.29) is 34.7 Å². The van der Waals surface area contributed by atoms with Crippen LogP contribution in [0.5, 0.6) is 11.5 Å². The minimum absolute atomic E-state index is 0.0762. The molecule has 0 atom stereocenters. The summed E-state index contributed by atoms with van der Waals surface area (Å²) in [6, 6.07) is 6.00. The number of fused-ring (bicyclic) bond motifs is 1. The normalized spacial score (nSPS) is 11.7. The molecule has 11 heteroatoms. The Morgan fingerprint density at radius 2 is 1.84 bits per heavy atom. The van der Waals surface area contributed by atoms with Crippen LogP contribution in [0.1, 0.15) is 13.3 Å². The number of aromatic nitrogens is 1. The first-order chi connectivity index (χ1) is 14.7. The molecule has 0 radical (unpaired) electrons. The lowest BCUT2D eigenvalue weighted by molar-refractivity contribution is -0.344. The number of methoxy groups -OCH3 is 1. The van der Waals surface area contributed by atoms with E-state index in [1.807, 2.05) is 6.92 Å². The summed E-state index contributed by atoms with van der Waals surface area (Å²) in [5.74, 6) is -1.47. The number of nitrogens with zero attached hydrogens (tertiary/aromatic N) is 1. The predicted octanol–water partition coefficient (Wildman–Crippen LogP) is 2.55. The number of hydrogen-bond donors (Lipinski definition) is 0. The van der Waals surface area contributed by atoms with Gasteiger partial charge in [-0.2, -0.15) is 0 Å². The molecule has 1 aromatic heterocycles. The molecule has 1 heterocycles. The van der Waals surface area contributed by atoms with Gasteiger partial charge in [-0.1, -0.05) is 6.92 Å². The van der Waals surface area contributed by atoms with Crippen molar-refractivity contribution >= 4 is 18.7 Å². The first kappa shape index (κ1) is 22.9. The average molecular weight is 453 g/mol. The third-order valence-corrected chi connectivity index (χ3v) is 4.85. The van der Waals surface area contributed by atoms with Gasteiger partial charge < -0.3 is 32.9 Å². The van der Waals surface area contributed by atoms with Crippen molar-refractivity contribution in [3.05, 3.63) is 58.4 Å². The van der Waals surface area contributed by atoms with E-state index in [0.717, 1.165) is 22.9 Å². The monoisotopic (exact) mass is 453 g/mol. The van der Waals surface area contributed by atoms with Crippen LogP contribution in [0.4, 0.5) is 8.78 Å². The van der Waals surface area contributed by atoms with E-state index < -0.39 is 37.0 Å². The Morgan fingerprint density at radius 1 is 1.10 bits per heavy atom. The Kier molecular flexibility index (Phi) is 6.76. The first-order valence-corrected chi connectivity index (χ1v) is 10.6. The maximum absolute atomic E-state index is 14.7. The minimum atomic E-state index is -5.40. The van der Waals surface area contributed by atoms with Gasteiger partial charge in [0, 0.05) is 23.4 Å². The molecule has 0 aliphatic heterocycles. The SMILES string of the molecule is CCCOc1ccc(F)c2c(=O)c(-c3ccc(OC)cc3F)cn(COP(=O)([O-])[O-])c12. The molecular formula is C20H18F2NO7P-2. The van der Waals surface area contributed by atoms with Crippen molar-refractivity contribution in [1.29, 1.82) is 0 Å². The average Bonchev–Trinajstić information content (AvgIpc) is 2.72. The zero-order chi connectivity index (χ0) is 22.8. The molecule has 166 valence electrons. The zero-order valence-corrected chi connectivity index (χ0v) is 17.5. The van der Waals surface area contributed by atoms with Crippen LogP contribution in [-0.2, 0) is 15.8 Å². The molecule has 3 rings (SSSR count).